The van der Waals surface area contributed by atoms with Crippen molar-refractivity contribution in [1.29, 1.82) is 0 Å². The fourth-order valence-corrected chi connectivity index (χ4v) is 5.02. The van der Waals surface area contributed by atoms with Crippen LogP contribution in [0.3, 0.4) is 0 Å². The van der Waals surface area contributed by atoms with Gasteiger partial charge in [-0.05, 0) is 76.1 Å². The third-order valence-electron chi connectivity index (χ3n) is 3.86. The van der Waals surface area contributed by atoms with Gasteiger partial charge in [-0.25, -0.2) is 0 Å². The van der Waals surface area contributed by atoms with Crippen molar-refractivity contribution < 1.29 is 13.6 Å². The van der Waals surface area contributed by atoms with E-state index in [2.05, 4.69) is 21.2 Å². The van der Waals surface area contributed by atoms with Gasteiger partial charge in [-0.1, -0.05) is 46.3 Å². The van der Waals surface area contributed by atoms with Crippen molar-refractivity contribution in [3.63, 3.8) is 0 Å². The molecule has 0 saturated heterocycles. The fourth-order valence-electron chi connectivity index (χ4n) is 2.66. The molecule has 2 aromatic rings. The van der Waals surface area contributed by atoms with Crippen LogP contribution in [0.1, 0.15) is 38.8 Å². The number of rotatable bonds is 9. The van der Waals surface area contributed by atoms with E-state index in [1.807, 2.05) is 95.3 Å². The van der Waals surface area contributed by atoms with Crippen molar-refractivity contribution in [3.8, 4) is 0 Å². The first-order valence-corrected chi connectivity index (χ1v) is 11.8. The molecular formula is C22H29BrNO3P. The van der Waals surface area contributed by atoms with Gasteiger partial charge in [0.05, 0.1) is 12.2 Å². The Morgan fingerprint density at radius 1 is 0.964 bits per heavy atom. The van der Waals surface area contributed by atoms with E-state index in [-0.39, 0.29) is 12.2 Å². The number of hydrogen-bond acceptors (Lipinski definition) is 4. The Hall–Kier alpha value is -1.39. The zero-order valence-electron chi connectivity index (χ0n) is 17.1. The normalized spacial score (nSPS) is 13.4. The van der Waals surface area contributed by atoms with E-state index in [4.69, 9.17) is 9.05 Å². The highest BCUT2D eigenvalue weighted by Gasteiger charge is 2.36. The first-order valence-electron chi connectivity index (χ1n) is 9.42. The second kappa shape index (κ2) is 10.4. The van der Waals surface area contributed by atoms with Crippen LogP contribution in [0.15, 0.2) is 59.1 Å². The molecule has 0 radical (unpaired) electrons. The van der Waals surface area contributed by atoms with E-state index in [0.29, 0.717) is 0 Å². The minimum atomic E-state index is -3.48. The summed E-state index contributed by atoms with van der Waals surface area (Å²) in [6.07, 6.45) is 3.37. The quantitative estimate of drug-likeness (QED) is 0.396. The Labute approximate surface area is 177 Å². The van der Waals surface area contributed by atoms with Crippen LogP contribution in [-0.2, 0) is 13.6 Å². The molecule has 0 heterocycles. The lowest BCUT2D eigenvalue weighted by Crippen LogP contribution is -2.23. The second-order valence-electron chi connectivity index (χ2n) is 7.16. The number of halogens is 1. The minimum absolute atomic E-state index is 0.231. The molecule has 0 aliphatic carbocycles. The van der Waals surface area contributed by atoms with E-state index in [1.54, 1.807) is 0 Å². The van der Waals surface area contributed by atoms with Gasteiger partial charge in [0, 0.05) is 10.2 Å². The summed E-state index contributed by atoms with van der Waals surface area (Å²) in [5, 5.41) is 3.33. The van der Waals surface area contributed by atoms with Crippen molar-refractivity contribution in [1.82, 2.24) is 0 Å². The molecule has 152 valence electrons. The number of aryl methyl sites for hydroxylation is 1. The number of hydrogen-bond donors (Lipinski definition) is 1. The summed E-state index contributed by atoms with van der Waals surface area (Å²) in [6, 6.07) is 15.8. The van der Waals surface area contributed by atoms with Crippen molar-refractivity contribution in [2.75, 3.05) is 5.32 Å². The predicted octanol–water partition coefficient (Wildman–Crippen LogP) is 7.25. The molecule has 4 nitrogen and oxygen atoms in total. The summed E-state index contributed by atoms with van der Waals surface area (Å²) in [6.45, 7) is 9.48. The Morgan fingerprint density at radius 2 is 1.54 bits per heavy atom. The predicted molar refractivity (Wildman–Crippen MR) is 122 cm³/mol. The Bertz CT molecular complexity index is 820. The number of anilines is 1. The Balaban J connectivity index is 2.41. The van der Waals surface area contributed by atoms with Crippen molar-refractivity contribution in [3.05, 3.63) is 70.2 Å². The largest absolute Gasteiger partial charge is 0.368 e. The molecule has 0 spiro atoms. The number of nitrogens with one attached hydrogen (secondary N) is 1. The van der Waals surface area contributed by atoms with E-state index in [0.717, 1.165) is 21.3 Å². The third-order valence-corrected chi connectivity index (χ3v) is 6.80. The molecule has 6 heteroatoms. The summed E-state index contributed by atoms with van der Waals surface area (Å²) in [4.78, 5) is 0. The average molecular weight is 466 g/mol. The molecule has 2 rings (SSSR count). The molecule has 0 amide bonds. The van der Waals surface area contributed by atoms with Gasteiger partial charge in [0.25, 0.3) is 0 Å². The lowest BCUT2D eigenvalue weighted by Gasteiger charge is -2.29. The molecule has 0 aromatic heterocycles. The zero-order chi connectivity index (χ0) is 20.7. The van der Waals surface area contributed by atoms with Crippen LogP contribution < -0.4 is 5.32 Å². The van der Waals surface area contributed by atoms with Crippen LogP contribution >= 0.6 is 23.5 Å². The van der Waals surface area contributed by atoms with E-state index in [9.17, 15) is 4.57 Å². The molecule has 2 aromatic carbocycles. The highest BCUT2D eigenvalue weighted by Crippen LogP contribution is 2.55. The lowest BCUT2D eigenvalue weighted by atomic mass is 10.1. The van der Waals surface area contributed by atoms with E-state index < -0.39 is 13.4 Å². The van der Waals surface area contributed by atoms with E-state index in [1.165, 1.54) is 0 Å². The van der Waals surface area contributed by atoms with Gasteiger partial charge in [0.2, 0.25) is 0 Å². The summed E-state index contributed by atoms with van der Waals surface area (Å²) in [5.41, 5.74) is 3.04. The maximum atomic E-state index is 13.7. The first-order chi connectivity index (χ1) is 13.2. The van der Waals surface area contributed by atoms with Crippen LogP contribution in [0, 0.1) is 6.92 Å². The fraction of sp³-hybridized carbons (Fsp3) is 0.364. The molecule has 1 atom stereocenters. The van der Waals surface area contributed by atoms with Crippen LogP contribution in [-0.4, -0.2) is 18.0 Å². The van der Waals surface area contributed by atoms with Crippen molar-refractivity contribution >= 4 is 35.3 Å². The standard InChI is InChI=1S/C22H29BrNO3P/c1-16(2)26-28(25,27-17(3)4)22(24-21-13-11-20(23)12-14-21)15-10-19-9-7-6-8-18(19)5/h6-17,22,24H,1-5H3/b15-10+/t22-/m1/s1. The summed E-state index contributed by atoms with van der Waals surface area (Å²) in [5.74, 6) is -0.627. The SMILES string of the molecule is Cc1ccccc1/C=C/[C@H](Nc1ccc(Br)cc1)P(=O)(OC(C)C)OC(C)C. The van der Waals surface area contributed by atoms with Crippen LogP contribution in [0.25, 0.3) is 6.08 Å². The van der Waals surface area contributed by atoms with Crippen LogP contribution in [0.5, 0.6) is 0 Å². The smallest absolute Gasteiger partial charge is 0.357 e. The summed E-state index contributed by atoms with van der Waals surface area (Å²) >= 11 is 3.44. The molecule has 0 saturated carbocycles. The molecule has 0 unspecified atom stereocenters. The molecule has 0 bridgehead atoms. The molecule has 0 aliphatic rings. The Kier molecular flexibility index (Phi) is 8.51. The van der Waals surface area contributed by atoms with Gasteiger partial charge in [0.15, 0.2) is 0 Å². The highest BCUT2D eigenvalue weighted by molar-refractivity contribution is 9.10. The van der Waals surface area contributed by atoms with Gasteiger partial charge >= 0.3 is 7.60 Å². The molecule has 0 fully saturated rings. The highest BCUT2D eigenvalue weighted by atomic mass is 79.9. The summed E-state index contributed by atoms with van der Waals surface area (Å²) < 4.78 is 26.4. The van der Waals surface area contributed by atoms with Gasteiger partial charge in [-0.2, -0.15) is 0 Å². The van der Waals surface area contributed by atoms with E-state index >= 15 is 0 Å². The lowest BCUT2D eigenvalue weighted by molar-refractivity contribution is 0.140. The van der Waals surface area contributed by atoms with Crippen molar-refractivity contribution in [2.45, 2.75) is 52.6 Å². The summed E-state index contributed by atoms with van der Waals surface area (Å²) in [7, 11) is -3.48. The molecule has 28 heavy (non-hydrogen) atoms. The monoisotopic (exact) mass is 465 g/mol. The van der Waals surface area contributed by atoms with Crippen LogP contribution in [0.4, 0.5) is 5.69 Å². The maximum Gasteiger partial charge on any atom is 0.357 e. The van der Waals surface area contributed by atoms with Gasteiger partial charge in [-0.15, -0.1) is 0 Å². The van der Waals surface area contributed by atoms with Gasteiger partial charge < -0.3 is 14.4 Å². The second-order valence-corrected chi connectivity index (χ2v) is 10.1. The van der Waals surface area contributed by atoms with Gasteiger partial charge in [0.1, 0.15) is 5.78 Å². The zero-order valence-corrected chi connectivity index (χ0v) is 19.5. The minimum Gasteiger partial charge on any atom is -0.368 e. The Morgan fingerprint density at radius 3 is 2.07 bits per heavy atom. The maximum absolute atomic E-state index is 13.7. The third kappa shape index (κ3) is 6.89. The molecular weight excluding hydrogens is 437 g/mol. The number of benzene rings is 2. The first kappa shape index (κ1) is 22.9. The van der Waals surface area contributed by atoms with Crippen molar-refractivity contribution in [2.24, 2.45) is 0 Å². The van der Waals surface area contributed by atoms with Gasteiger partial charge in [-0.3, -0.25) is 4.57 Å². The molecule has 1 N–H and O–H groups in total. The molecule has 0 aliphatic heterocycles. The average Bonchev–Trinajstić information content (AvgIpc) is 2.60. The van der Waals surface area contributed by atoms with Crippen LogP contribution in [0.2, 0.25) is 0 Å². The topological polar surface area (TPSA) is 47.6 Å².